The van der Waals surface area contributed by atoms with Gasteiger partial charge in [0.2, 0.25) is 0 Å². The van der Waals surface area contributed by atoms with E-state index in [0.717, 1.165) is 30.3 Å². The van der Waals surface area contributed by atoms with Gasteiger partial charge in [-0.05, 0) is 41.3 Å². The van der Waals surface area contributed by atoms with Crippen molar-refractivity contribution in [3.8, 4) is 0 Å². The van der Waals surface area contributed by atoms with Crippen molar-refractivity contribution in [3.63, 3.8) is 0 Å². The number of pyridine rings is 1. The summed E-state index contributed by atoms with van der Waals surface area (Å²) < 4.78 is 0.793. The Hall–Kier alpha value is -0.940. The molecule has 2 rings (SSSR count). The van der Waals surface area contributed by atoms with Gasteiger partial charge in [-0.3, -0.25) is 9.78 Å². The summed E-state index contributed by atoms with van der Waals surface area (Å²) in [5.41, 5.74) is 0.569. The molecule has 0 radical (unpaired) electrons. The SMILES string of the molecule is O=C(c1cncc(Br)c1)N1CCCC[C@@H]1CO. The molecule has 0 bridgehead atoms. The highest BCUT2D eigenvalue weighted by Crippen LogP contribution is 2.20. The summed E-state index contributed by atoms with van der Waals surface area (Å²) in [4.78, 5) is 18.0. The summed E-state index contributed by atoms with van der Waals surface area (Å²) in [7, 11) is 0. The van der Waals surface area contributed by atoms with Crippen LogP contribution in [-0.2, 0) is 0 Å². The second kappa shape index (κ2) is 5.60. The molecule has 17 heavy (non-hydrogen) atoms. The number of halogens is 1. The predicted octanol–water partition coefficient (Wildman–Crippen LogP) is 1.83. The van der Waals surface area contributed by atoms with Crippen LogP contribution in [0, 0.1) is 0 Å². The molecule has 0 aromatic carbocycles. The van der Waals surface area contributed by atoms with Crippen LogP contribution in [0.2, 0.25) is 0 Å². The van der Waals surface area contributed by atoms with Gasteiger partial charge >= 0.3 is 0 Å². The molecule has 1 aromatic heterocycles. The maximum Gasteiger partial charge on any atom is 0.255 e. The third-order valence-electron chi connectivity index (χ3n) is 3.05. The van der Waals surface area contributed by atoms with Crippen molar-refractivity contribution < 1.29 is 9.90 Å². The molecular weight excluding hydrogens is 284 g/mol. The van der Waals surface area contributed by atoms with Crippen LogP contribution in [0.4, 0.5) is 0 Å². The van der Waals surface area contributed by atoms with Crippen molar-refractivity contribution in [1.29, 1.82) is 0 Å². The molecule has 1 aliphatic rings. The van der Waals surface area contributed by atoms with Gasteiger partial charge in [-0.15, -0.1) is 0 Å². The normalized spacial score (nSPS) is 20.4. The number of rotatable bonds is 2. The Kier molecular flexibility index (Phi) is 4.12. The van der Waals surface area contributed by atoms with E-state index in [0.29, 0.717) is 5.56 Å². The number of amides is 1. The minimum absolute atomic E-state index is 0.0349. The van der Waals surface area contributed by atoms with Crippen LogP contribution in [0.1, 0.15) is 29.6 Å². The number of aromatic nitrogens is 1. The first-order chi connectivity index (χ1) is 8.22. The largest absolute Gasteiger partial charge is 0.394 e. The molecule has 2 heterocycles. The van der Waals surface area contributed by atoms with Gasteiger partial charge in [-0.25, -0.2) is 0 Å². The van der Waals surface area contributed by atoms with E-state index in [1.807, 2.05) is 0 Å². The van der Waals surface area contributed by atoms with Gasteiger partial charge in [0, 0.05) is 23.4 Å². The van der Waals surface area contributed by atoms with Crippen LogP contribution in [0.5, 0.6) is 0 Å². The van der Waals surface area contributed by atoms with E-state index in [1.165, 1.54) is 0 Å². The molecule has 4 nitrogen and oxygen atoms in total. The first-order valence-corrected chi connectivity index (χ1v) is 6.54. The molecule has 1 amide bonds. The van der Waals surface area contributed by atoms with Gasteiger partial charge in [0.1, 0.15) is 0 Å². The average molecular weight is 299 g/mol. The fourth-order valence-electron chi connectivity index (χ4n) is 2.15. The van der Waals surface area contributed by atoms with Crippen molar-refractivity contribution in [2.24, 2.45) is 0 Å². The van der Waals surface area contributed by atoms with Crippen molar-refractivity contribution in [1.82, 2.24) is 9.88 Å². The second-order valence-corrected chi connectivity index (χ2v) is 5.14. The van der Waals surface area contributed by atoms with E-state index in [1.54, 1.807) is 23.4 Å². The van der Waals surface area contributed by atoms with Gasteiger partial charge < -0.3 is 10.0 Å². The van der Waals surface area contributed by atoms with E-state index in [2.05, 4.69) is 20.9 Å². The molecule has 1 fully saturated rings. The third-order valence-corrected chi connectivity index (χ3v) is 3.48. The molecule has 0 aliphatic carbocycles. The molecule has 1 saturated heterocycles. The van der Waals surface area contributed by atoms with Crippen molar-refractivity contribution in [2.75, 3.05) is 13.2 Å². The van der Waals surface area contributed by atoms with E-state index in [-0.39, 0.29) is 18.6 Å². The van der Waals surface area contributed by atoms with Gasteiger partial charge in [-0.1, -0.05) is 0 Å². The lowest BCUT2D eigenvalue weighted by molar-refractivity contribution is 0.0502. The minimum atomic E-state index is -0.0461. The highest BCUT2D eigenvalue weighted by Gasteiger charge is 2.26. The van der Waals surface area contributed by atoms with Crippen LogP contribution in [0.15, 0.2) is 22.9 Å². The summed E-state index contributed by atoms with van der Waals surface area (Å²) in [5, 5.41) is 9.29. The number of aliphatic hydroxyl groups is 1. The zero-order valence-electron chi connectivity index (χ0n) is 9.47. The monoisotopic (exact) mass is 298 g/mol. The van der Waals surface area contributed by atoms with E-state index >= 15 is 0 Å². The lowest BCUT2D eigenvalue weighted by Crippen LogP contribution is -2.45. The van der Waals surface area contributed by atoms with E-state index in [9.17, 15) is 9.90 Å². The first kappa shape index (κ1) is 12.5. The molecular formula is C12H15BrN2O2. The van der Waals surface area contributed by atoms with Crippen LogP contribution >= 0.6 is 15.9 Å². The van der Waals surface area contributed by atoms with E-state index < -0.39 is 0 Å². The number of carbonyl (C=O) groups is 1. The van der Waals surface area contributed by atoms with E-state index in [4.69, 9.17) is 0 Å². The number of piperidine rings is 1. The minimum Gasteiger partial charge on any atom is -0.394 e. The Bertz CT molecular complexity index is 411. The van der Waals surface area contributed by atoms with Crippen LogP contribution in [0.25, 0.3) is 0 Å². The Morgan fingerprint density at radius 2 is 2.35 bits per heavy atom. The lowest BCUT2D eigenvalue weighted by atomic mass is 10.0. The molecule has 1 atom stereocenters. The smallest absolute Gasteiger partial charge is 0.255 e. The molecule has 1 aromatic rings. The Labute approximate surface area is 109 Å². The van der Waals surface area contributed by atoms with Gasteiger partial charge in [0.25, 0.3) is 5.91 Å². The zero-order valence-corrected chi connectivity index (χ0v) is 11.1. The standard InChI is InChI=1S/C12H15BrN2O2/c13-10-5-9(6-14-7-10)12(17)15-4-2-1-3-11(15)8-16/h5-7,11,16H,1-4,8H2/t11-/m1/s1. The number of nitrogens with zero attached hydrogens (tertiary/aromatic N) is 2. The summed E-state index contributed by atoms with van der Waals surface area (Å²) >= 11 is 3.30. The summed E-state index contributed by atoms with van der Waals surface area (Å²) in [6.07, 6.45) is 6.17. The average Bonchev–Trinajstić information content (AvgIpc) is 2.38. The molecule has 0 saturated carbocycles. The van der Waals surface area contributed by atoms with Crippen molar-refractivity contribution >= 4 is 21.8 Å². The van der Waals surface area contributed by atoms with Crippen LogP contribution < -0.4 is 0 Å². The quantitative estimate of drug-likeness (QED) is 0.906. The highest BCUT2D eigenvalue weighted by molar-refractivity contribution is 9.10. The Balaban J connectivity index is 2.18. The molecule has 0 unspecified atom stereocenters. The van der Waals surface area contributed by atoms with Crippen molar-refractivity contribution in [2.45, 2.75) is 25.3 Å². The number of hydrogen-bond acceptors (Lipinski definition) is 3. The third kappa shape index (κ3) is 2.84. The Morgan fingerprint density at radius 3 is 3.06 bits per heavy atom. The summed E-state index contributed by atoms with van der Waals surface area (Å²) in [6.45, 7) is 0.754. The van der Waals surface area contributed by atoms with Gasteiger partial charge in [0.05, 0.1) is 18.2 Å². The zero-order chi connectivity index (χ0) is 12.3. The Morgan fingerprint density at radius 1 is 1.53 bits per heavy atom. The number of likely N-dealkylation sites (tertiary alicyclic amines) is 1. The maximum absolute atomic E-state index is 12.3. The molecule has 1 N–H and O–H groups in total. The molecule has 92 valence electrons. The summed E-state index contributed by atoms with van der Waals surface area (Å²) in [6, 6.07) is 1.72. The van der Waals surface area contributed by atoms with Gasteiger partial charge in [0.15, 0.2) is 0 Å². The van der Waals surface area contributed by atoms with Gasteiger partial charge in [-0.2, -0.15) is 0 Å². The number of aliphatic hydroxyl groups excluding tert-OH is 1. The van der Waals surface area contributed by atoms with Crippen LogP contribution in [-0.4, -0.2) is 40.1 Å². The second-order valence-electron chi connectivity index (χ2n) is 4.22. The van der Waals surface area contributed by atoms with Crippen molar-refractivity contribution in [3.05, 3.63) is 28.5 Å². The first-order valence-electron chi connectivity index (χ1n) is 5.74. The summed E-state index contributed by atoms with van der Waals surface area (Å²) in [5.74, 6) is -0.0439. The highest BCUT2D eigenvalue weighted by atomic mass is 79.9. The number of hydrogen-bond donors (Lipinski definition) is 1. The topological polar surface area (TPSA) is 53.4 Å². The fourth-order valence-corrected chi connectivity index (χ4v) is 2.52. The predicted molar refractivity (Wildman–Crippen MR) is 67.7 cm³/mol. The molecule has 5 heteroatoms. The molecule has 1 aliphatic heterocycles. The lowest BCUT2D eigenvalue weighted by Gasteiger charge is -2.34. The van der Waals surface area contributed by atoms with Crippen LogP contribution in [0.3, 0.4) is 0 Å². The molecule has 0 spiro atoms. The fraction of sp³-hybridized carbons (Fsp3) is 0.500. The number of carbonyl (C=O) groups excluding carboxylic acids is 1. The maximum atomic E-state index is 12.3.